The fourth-order valence-electron chi connectivity index (χ4n) is 2.39. The van der Waals surface area contributed by atoms with Crippen LogP contribution in [0.15, 0.2) is 23.1 Å². The third-order valence-corrected chi connectivity index (χ3v) is 5.87. The second-order valence-corrected chi connectivity index (χ2v) is 7.35. The molecule has 1 fully saturated rings. The highest BCUT2D eigenvalue weighted by molar-refractivity contribution is 7.89. The van der Waals surface area contributed by atoms with Crippen LogP contribution in [-0.2, 0) is 10.0 Å². The molecule has 4 nitrogen and oxygen atoms in total. The molecule has 0 radical (unpaired) electrons. The largest absolute Gasteiger partial charge is 0.330 e. The number of benzene rings is 1. The molecule has 1 heterocycles. The van der Waals surface area contributed by atoms with Gasteiger partial charge in [-0.05, 0) is 49.9 Å². The lowest BCUT2D eigenvalue weighted by Crippen LogP contribution is -2.42. The summed E-state index contributed by atoms with van der Waals surface area (Å²) in [6.45, 7) is 3.44. The first-order valence-corrected chi connectivity index (χ1v) is 8.23. The van der Waals surface area contributed by atoms with E-state index < -0.39 is 10.0 Å². The Bertz CT molecular complexity index is 560. The molecule has 1 aliphatic rings. The highest BCUT2D eigenvalue weighted by atomic mass is 35.5. The number of halogens is 1. The molecule has 0 bridgehead atoms. The topological polar surface area (TPSA) is 63.4 Å². The summed E-state index contributed by atoms with van der Waals surface area (Å²) in [7, 11) is -3.51. The number of sulfonamides is 1. The molecule has 0 amide bonds. The fourth-order valence-corrected chi connectivity index (χ4v) is 4.52. The van der Waals surface area contributed by atoms with Crippen molar-refractivity contribution in [3.8, 4) is 0 Å². The van der Waals surface area contributed by atoms with E-state index >= 15 is 0 Å². The molecular weight excluding hydrogens is 284 g/mol. The van der Waals surface area contributed by atoms with Gasteiger partial charge in [0.25, 0.3) is 0 Å². The average molecular weight is 303 g/mol. The summed E-state index contributed by atoms with van der Waals surface area (Å²) in [4.78, 5) is 0.192. The quantitative estimate of drug-likeness (QED) is 0.929. The minimum absolute atomic E-state index is 0.192. The Hall–Kier alpha value is -0.620. The van der Waals surface area contributed by atoms with E-state index in [2.05, 4.69) is 0 Å². The standard InChI is InChI=1S/C13H19ClN2O2S/c1-10-4-5-13(12(14)7-10)19(17,18)16-6-2-3-11(8-15)9-16/h4-5,7,11H,2-3,6,8-9,15H2,1H3. The third-order valence-electron chi connectivity index (χ3n) is 3.52. The molecule has 1 saturated heterocycles. The van der Waals surface area contributed by atoms with Crippen LogP contribution in [0.2, 0.25) is 5.02 Å². The Balaban J connectivity index is 2.31. The van der Waals surface area contributed by atoms with Gasteiger partial charge in [0.15, 0.2) is 0 Å². The summed E-state index contributed by atoms with van der Waals surface area (Å²) < 4.78 is 26.7. The lowest BCUT2D eigenvalue weighted by Gasteiger charge is -2.31. The minimum atomic E-state index is -3.51. The number of nitrogens with two attached hydrogens (primary N) is 1. The maximum Gasteiger partial charge on any atom is 0.244 e. The van der Waals surface area contributed by atoms with Gasteiger partial charge in [0, 0.05) is 13.1 Å². The van der Waals surface area contributed by atoms with E-state index in [-0.39, 0.29) is 15.8 Å². The zero-order valence-corrected chi connectivity index (χ0v) is 12.5. The lowest BCUT2D eigenvalue weighted by molar-refractivity contribution is 0.271. The predicted molar refractivity (Wildman–Crippen MR) is 76.7 cm³/mol. The highest BCUT2D eigenvalue weighted by Gasteiger charge is 2.31. The number of aryl methyl sites for hydroxylation is 1. The van der Waals surface area contributed by atoms with E-state index in [0.717, 1.165) is 18.4 Å². The second kappa shape index (κ2) is 5.79. The van der Waals surface area contributed by atoms with Gasteiger partial charge in [-0.15, -0.1) is 0 Å². The van der Waals surface area contributed by atoms with Crippen LogP contribution >= 0.6 is 11.6 Å². The van der Waals surface area contributed by atoms with Gasteiger partial charge in [-0.2, -0.15) is 4.31 Å². The molecular formula is C13H19ClN2O2S. The first-order valence-electron chi connectivity index (χ1n) is 6.41. The van der Waals surface area contributed by atoms with Gasteiger partial charge < -0.3 is 5.73 Å². The summed E-state index contributed by atoms with van der Waals surface area (Å²) in [6, 6.07) is 5.03. The molecule has 0 aromatic heterocycles. The van der Waals surface area contributed by atoms with E-state index in [1.807, 2.05) is 6.92 Å². The van der Waals surface area contributed by atoms with Gasteiger partial charge in [0.05, 0.1) is 5.02 Å². The number of nitrogens with zero attached hydrogens (tertiary/aromatic N) is 1. The normalized spacial score (nSPS) is 21.5. The molecule has 1 aromatic carbocycles. The zero-order valence-electron chi connectivity index (χ0n) is 11.0. The molecule has 1 aromatic rings. The second-order valence-electron chi connectivity index (χ2n) is 5.04. The lowest BCUT2D eigenvalue weighted by atomic mass is 10.0. The first kappa shape index (κ1) is 14.8. The summed E-state index contributed by atoms with van der Waals surface area (Å²) >= 11 is 6.07. The Labute approximate surface area is 119 Å². The van der Waals surface area contributed by atoms with Gasteiger partial charge in [0.1, 0.15) is 4.90 Å². The Kier molecular flexibility index (Phi) is 4.50. The number of rotatable bonds is 3. The van der Waals surface area contributed by atoms with Crippen LogP contribution in [0.3, 0.4) is 0 Å². The van der Waals surface area contributed by atoms with Gasteiger partial charge in [-0.1, -0.05) is 17.7 Å². The van der Waals surface area contributed by atoms with E-state index in [0.29, 0.717) is 19.6 Å². The van der Waals surface area contributed by atoms with E-state index in [9.17, 15) is 8.42 Å². The molecule has 1 aliphatic heterocycles. The molecule has 2 N–H and O–H groups in total. The van der Waals surface area contributed by atoms with Crippen molar-refractivity contribution in [2.45, 2.75) is 24.7 Å². The SMILES string of the molecule is Cc1ccc(S(=O)(=O)N2CCCC(CN)C2)c(Cl)c1. The molecule has 19 heavy (non-hydrogen) atoms. The molecule has 0 saturated carbocycles. The van der Waals surface area contributed by atoms with E-state index in [1.165, 1.54) is 4.31 Å². The van der Waals surface area contributed by atoms with Crippen molar-refractivity contribution in [2.75, 3.05) is 19.6 Å². The molecule has 0 spiro atoms. The summed E-state index contributed by atoms with van der Waals surface area (Å²) in [5.41, 5.74) is 6.60. The number of hydrogen-bond donors (Lipinski definition) is 1. The zero-order chi connectivity index (χ0) is 14.0. The number of hydrogen-bond acceptors (Lipinski definition) is 3. The molecule has 1 atom stereocenters. The van der Waals surface area contributed by atoms with Crippen molar-refractivity contribution < 1.29 is 8.42 Å². The van der Waals surface area contributed by atoms with Crippen LogP contribution in [0, 0.1) is 12.8 Å². The molecule has 1 unspecified atom stereocenters. The molecule has 0 aliphatic carbocycles. The molecule has 106 valence electrons. The maximum absolute atomic E-state index is 12.6. The van der Waals surface area contributed by atoms with Crippen molar-refractivity contribution in [3.05, 3.63) is 28.8 Å². The molecule has 6 heteroatoms. The third kappa shape index (κ3) is 3.11. The smallest absolute Gasteiger partial charge is 0.244 e. The highest BCUT2D eigenvalue weighted by Crippen LogP contribution is 2.28. The van der Waals surface area contributed by atoms with Crippen LogP contribution in [0.4, 0.5) is 0 Å². The van der Waals surface area contributed by atoms with Gasteiger partial charge in [-0.3, -0.25) is 0 Å². The van der Waals surface area contributed by atoms with Gasteiger partial charge in [-0.25, -0.2) is 8.42 Å². The van der Waals surface area contributed by atoms with Crippen molar-refractivity contribution in [1.82, 2.24) is 4.31 Å². The summed E-state index contributed by atoms with van der Waals surface area (Å²) in [6.07, 6.45) is 1.84. The minimum Gasteiger partial charge on any atom is -0.330 e. The van der Waals surface area contributed by atoms with Crippen molar-refractivity contribution in [1.29, 1.82) is 0 Å². The monoisotopic (exact) mass is 302 g/mol. The average Bonchev–Trinajstić information content (AvgIpc) is 2.38. The van der Waals surface area contributed by atoms with Crippen molar-refractivity contribution in [2.24, 2.45) is 11.7 Å². The van der Waals surface area contributed by atoms with Crippen LogP contribution in [-0.4, -0.2) is 32.4 Å². The van der Waals surface area contributed by atoms with Crippen LogP contribution in [0.25, 0.3) is 0 Å². The summed E-state index contributed by atoms with van der Waals surface area (Å²) in [5, 5.41) is 0.287. The maximum atomic E-state index is 12.6. The van der Waals surface area contributed by atoms with Crippen LogP contribution in [0.5, 0.6) is 0 Å². The van der Waals surface area contributed by atoms with E-state index in [4.69, 9.17) is 17.3 Å². The van der Waals surface area contributed by atoms with Crippen LogP contribution in [0.1, 0.15) is 18.4 Å². The van der Waals surface area contributed by atoms with E-state index in [1.54, 1.807) is 18.2 Å². The Morgan fingerprint density at radius 2 is 2.21 bits per heavy atom. The summed E-state index contributed by atoms with van der Waals surface area (Å²) in [5.74, 6) is 0.243. The van der Waals surface area contributed by atoms with Crippen molar-refractivity contribution in [3.63, 3.8) is 0 Å². The number of piperidine rings is 1. The van der Waals surface area contributed by atoms with Gasteiger partial charge in [0.2, 0.25) is 10.0 Å². The first-order chi connectivity index (χ1) is 8.95. The van der Waals surface area contributed by atoms with Crippen molar-refractivity contribution >= 4 is 21.6 Å². The van der Waals surface area contributed by atoms with Crippen LogP contribution < -0.4 is 5.73 Å². The molecule has 2 rings (SSSR count). The van der Waals surface area contributed by atoms with Gasteiger partial charge >= 0.3 is 0 Å². The fraction of sp³-hybridized carbons (Fsp3) is 0.538. The Morgan fingerprint density at radius 3 is 2.84 bits per heavy atom. The predicted octanol–water partition coefficient (Wildman–Crippen LogP) is 2.01. The Morgan fingerprint density at radius 1 is 1.47 bits per heavy atom.